The molecule has 1 rings (SSSR count). The zero-order valence-electron chi connectivity index (χ0n) is 12.3. The highest BCUT2D eigenvalue weighted by Crippen LogP contribution is 2.23. The van der Waals surface area contributed by atoms with Crippen LogP contribution >= 0.6 is 0 Å². The molecule has 18 heavy (non-hydrogen) atoms. The minimum atomic E-state index is 0.829. The van der Waals surface area contributed by atoms with Gasteiger partial charge in [-0.3, -0.25) is 0 Å². The van der Waals surface area contributed by atoms with E-state index in [9.17, 15) is 0 Å². The molecule has 0 aliphatic heterocycles. The van der Waals surface area contributed by atoms with Gasteiger partial charge < -0.3 is 10.1 Å². The van der Waals surface area contributed by atoms with Gasteiger partial charge in [-0.2, -0.15) is 0 Å². The van der Waals surface area contributed by atoms with Gasteiger partial charge in [0.2, 0.25) is 0 Å². The van der Waals surface area contributed by atoms with Crippen LogP contribution in [0.5, 0.6) is 5.75 Å². The van der Waals surface area contributed by atoms with Crippen molar-refractivity contribution in [3.63, 3.8) is 0 Å². The van der Waals surface area contributed by atoms with Crippen LogP contribution in [-0.2, 0) is 0 Å². The third kappa shape index (κ3) is 5.09. The van der Waals surface area contributed by atoms with Crippen molar-refractivity contribution in [1.82, 2.24) is 5.32 Å². The largest absolute Gasteiger partial charge is 0.493 e. The Bertz CT molecular complexity index is 360. The first-order valence-electron chi connectivity index (χ1n) is 7.06. The fourth-order valence-electron chi connectivity index (χ4n) is 2.04. The molecular formula is C16H27NO. The van der Waals surface area contributed by atoms with Crippen molar-refractivity contribution in [3.8, 4) is 5.75 Å². The Morgan fingerprint density at radius 1 is 1.06 bits per heavy atom. The number of hydrogen-bond acceptors (Lipinski definition) is 2. The fraction of sp³-hybridized carbons (Fsp3) is 0.625. The third-order valence-corrected chi connectivity index (χ3v) is 3.27. The summed E-state index contributed by atoms with van der Waals surface area (Å²) < 4.78 is 5.88. The quantitative estimate of drug-likeness (QED) is 0.708. The van der Waals surface area contributed by atoms with Gasteiger partial charge in [-0.05, 0) is 75.9 Å². The van der Waals surface area contributed by atoms with Crippen LogP contribution in [0.1, 0.15) is 42.9 Å². The minimum Gasteiger partial charge on any atom is -0.493 e. The van der Waals surface area contributed by atoms with Gasteiger partial charge in [0.05, 0.1) is 6.61 Å². The lowest BCUT2D eigenvalue weighted by Gasteiger charge is -2.12. The SMILES string of the molecule is CCNCCCCCOc1cc(C)cc(C)c1C. The molecular weight excluding hydrogens is 222 g/mol. The number of unbranched alkanes of at least 4 members (excludes halogenated alkanes) is 2. The van der Waals surface area contributed by atoms with Gasteiger partial charge in [-0.1, -0.05) is 13.0 Å². The second-order valence-electron chi connectivity index (χ2n) is 4.97. The summed E-state index contributed by atoms with van der Waals surface area (Å²) in [5.74, 6) is 1.05. The molecule has 0 unspecified atom stereocenters. The van der Waals surface area contributed by atoms with Crippen molar-refractivity contribution in [2.24, 2.45) is 0 Å². The first-order valence-corrected chi connectivity index (χ1v) is 7.06. The second kappa shape index (κ2) is 8.15. The Hall–Kier alpha value is -1.02. The normalized spacial score (nSPS) is 10.7. The maximum absolute atomic E-state index is 5.88. The van der Waals surface area contributed by atoms with E-state index in [1.807, 2.05) is 0 Å². The van der Waals surface area contributed by atoms with E-state index in [0.29, 0.717) is 0 Å². The molecule has 0 spiro atoms. The molecule has 1 aromatic carbocycles. The Labute approximate surface area is 112 Å². The summed E-state index contributed by atoms with van der Waals surface area (Å²) in [4.78, 5) is 0. The van der Waals surface area contributed by atoms with E-state index < -0.39 is 0 Å². The van der Waals surface area contributed by atoms with Crippen LogP contribution in [0.25, 0.3) is 0 Å². The summed E-state index contributed by atoms with van der Waals surface area (Å²) in [6.07, 6.45) is 3.61. The van der Waals surface area contributed by atoms with E-state index in [0.717, 1.165) is 31.9 Å². The summed E-state index contributed by atoms with van der Waals surface area (Å²) in [5, 5.41) is 3.34. The summed E-state index contributed by atoms with van der Waals surface area (Å²) >= 11 is 0. The number of hydrogen-bond donors (Lipinski definition) is 1. The van der Waals surface area contributed by atoms with Crippen LogP contribution in [0.3, 0.4) is 0 Å². The average molecular weight is 249 g/mol. The summed E-state index contributed by atoms with van der Waals surface area (Å²) in [6, 6.07) is 4.35. The lowest BCUT2D eigenvalue weighted by molar-refractivity contribution is 0.302. The third-order valence-electron chi connectivity index (χ3n) is 3.27. The standard InChI is InChI=1S/C16H27NO/c1-5-17-9-7-6-8-10-18-16-12-13(2)11-14(3)15(16)4/h11-12,17H,5-10H2,1-4H3. The predicted octanol–water partition coefficient (Wildman–Crippen LogP) is 3.77. The zero-order valence-corrected chi connectivity index (χ0v) is 12.3. The predicted molar refractivity (Wildman–Crippen MR) is 78.5 cm³/mol. The summed E-state index contributed by atoms with van der Waals surface area (Å²) in [7, 11) is 0. The molecule has 0 amide bonds. The van der Waals surface area contributed by atoms with Crippen molar-refractivity contribution in [2.75, 3.05) is 19.7 Å². The monoisotopic (exact) mass is 249 g/mol. The first kappa shape index (κ1) is 15.0. The zero-order chi connectivity index (χ0) is 13.4. The van der Waals surface area contributed by atoms with E-state index in [2.05, 4.69) is 45.1 Å². The van der Waals surface area contributed by atoms with Crippen molar-refractivity contribution >= 4 is 0 Å². The van der Waals surface area contributed by atoms with Crippen molar-refractivity contribution < 1.29 is 4.74 Å². The van der Waals surface area contributed by atoms with E-state index in [-0.39, 0.29) is 0 Å². The van der Waals surface area contributed by atoms with Gasteiger partial charge in [0.1, 0.15) is 5.75 Å². The Kier molecular flexibility index (Phi) is 6.81. The average Bonchev–Trinajstić information content (AvgIpc) is 2.33. The topological polar surface area (TPSA) is 21.3 Å². The lowest BCUT2D eigenvalue weighted by Crippen LogP contribution is -2.14. The van der Waals surface area contributed by atoms with E-state index in [1.165, 1.54) is 29.5 Å². The van der Waals surface area contributed by atoms with Crippen LogP contribution in [0.4, 0.5) is 0 Å². The summed E-state index contributed by atoms with van der Waals surface area (Å²) in [5.41, 5.74) is 3.87. The maximum Gasteiger partial charge on any atom is 0.122 e. The van der Waals surface area contributed by atoms with E-state index in [1.54, 1.807) is 0 Å². The van der Waals surface area contributed by atoms with Crippen LogP contribution in [0, 0.1) is 20.8 Å². The highest BCUT2D eigenvalue weighted by molar-refractivity contribution is 5.41. The van der Waals surface area contributed by atoms with Crippen LogP contribution in [0.2, 0.25) is 0 Å². The van der Waals surface area contributed by atoms with Crippen LogP contribution < -0.4 is 10.1 Å². The van der Waals surface area contributed by atoms with Gasteiger partial charge in [-0.15, -0.1) is 0 Å². The maximum atomic E-state index is 5.88. The number of ether oxygens (including phenoxy) is 1. The molecule has 0 aliphatic carbocycles. The van der Waals surface area contributed by atoms with Crippen molar-refractivity contribution in [1.29, 1.82) is 0 Å². The number of nitrogens with one attached hydrogen (secondary N) is 1. The molecule has 0 aromatic heterocycles. The molecule has 0 saturated heterocycles. The molecule has 2 nitrogen and oxygen atoms in total. The van der Waals surface area contributed by atoms with Gasteiger partial charge in [-0.25, -0.2) is 0 Å². The second-order valence-corrected chi connectivity index (χ2v) is 4.97. The molecule has 0 heterocycles. The summed E-state index contributed by atoms with van der Waals surface area (Å²) in [6.45, 7) is 11.6. The molecule has 0 bridgehead atoms. The molecule has 0 fully saturated rings. The van der Waals surface area contributed by atoms with Crippen molar-refractivity contribution in [2.45, 2.75) is 47.0 Å². The highest BCUT2D eigenvalue weighted by Gasteiger charge is 2.03. The first-order chi connectivity index (χ1) is 8.65. The van der Waals surface area contributed by atoms with Crippen LogP contribution in [-0.4, -0.2) is 19.7 Å². The molecule has 0 radical (unpaired) electrons. The van der Waals surface area contributed by atoms with E-state index in [4.69, 9.17) is 4.74 Å². The Morgan fingerprint density at radius 2 is 1.83 bits per heavy atom. The molecule has 0 atom stereocenters. The smallest absolute Gasteiger partial charge is 0.122 e. The van der Waals surface area contributed by atoms with Gasteiger partial charge in [0, 0.05) is 0 Å². The minimum absolute atomic E-state index is 0.829. The molecule has 1 aromatic rings. The van der Waals surface area contributed by atoms with E-state index >= 15 is 0 Å². The molecule has 1 N–H and O–H groups in total. The van der Waals surface area contributed by atoms with Gasteiger partial charge >= 0.3 is 0 Å². The molecule has 0 aliphatic rings. The van der Waals surface area contributed by atoms with Crippen LogP contribution in [0.15, 0.2) is 12.1 Å². The van der Waals surface area contributed by atoms with Crippen molar-refractivity contribution in [3.05, 3.63) is 28.8 Å². The number of benzene rings is 1. The fourth-order valence-corrected chi connectivity index (χ4v) is 2.04. The van der Waals surface area contributed by atoms with Gasteiger partial charge in [0.25, 0.3) is 0 Å². The lowest BCUT2D eigenvalue weighted by atomic mass is 10.1. The highest BCUT2D eigenvalue weighted by atomic mass is 16.5. The molecule has 102 valence electrons. The van der Waals surface area contributed by atoms with Gasteiger partial charge in [0.15, 0.2) is 0 Å². The number of aryl methyl sites for hydroxylation is 2. The molecule has 0 saturated carbocycles. The Balaban J connectivity index is 2.27. The molecule has 2 heteroatoms. The Morgan fingerprint density at radius 3 is 2.56 bits per heavy atom. The number of rotatable bonds is 8.